The third-order valence-corrected chi connectivity index (χ3v) is 5.03. The molecule has 0 unspecified atom stereocenters. The number of para-hydroxylation sites is 1. The van der Waals surface area contributed by atoms with Crippen LogP contribution in [0.15, 0.2) is 48.5 Å². The van der Waals surface area contributed by atoms with Gasteiger partial charge in [0.1, 0.15) is 0 Å². The highest BCUT2D eigenvalue weighted by atomic mass is 35.5. The van der Waals surface area contributed by atoms with Gasteiger partial charge in [0.25, 0.3) is 0 Å². The summed E-state index contributed by atoms with van der Waals surface area (Å²) in [7, 11) is 0. The van der Waals surface area contributed by atoms with Crippen LogP contribution in [0.3, 0.4) is 0 Å². The van der Waals surface area contributed by atoms with Gasteiger partial charge in [-0.15, -0.1) is 0 Å². The van der Waals surface area contributed by atoms with Gasteiger partial charge in [0, 0.05) is 30.2 Å². The van der Waals surface area contributed by atoms with E-state index in [4.69, 9.17) is 17.3 Å². The fourth-order valence-corrected chi connectivity index (χ4v) is 3.13. The first-order valence-corrected chi connectivity index (χ1v) is 9.35. The van der Waals surface area contributed by atoms with Crippen LogP contribution in [0.2, 0.25) is 5.02 Å². The standard InChI is InChI=1S/C21H25ClN2O/c22-19-10-7-16(8-11-19)13-14-24(15-17-5-6-17)21(25)12-9-18-3-1-2-4-20(18)23/h1-4,7-8,10-11,17H,5-6,9,12-15,23H2. The lowest BCUT2D eigenvalue weighted by Gasteiger charge is -2.23. The van der Waals surface area contributed by atoms with Crippen LogP contribution >= 0.6 is 11.6 Å². The molecule has 4 heteroatoms. The minimum absolute atomic E-state index is 0.226. The molecule has 2 aromatic carbocycles. The number of amides is 1. The summed E-state index contributed by atoms with van der Waals surface area (Å²) in [6.45, 7) is 1.65. The minimum Gasteiger partial charge on any atom is -0.399 e. The molecule has 2 N–H and O–H groups in total. The van der Waals surface area contributed by atoms with E-state index in [1.165, 1.54) is 18.4 Å². The summed E-state index contributed by atoms with van der Waals surface area (Å²) in [5.41, 5.74) is 9.02. The molecule has 3 rings (SSSR count). The maximum Gasteiger partial charge on any atom is 0.222 e. The lowest BCUT2D eigenvalue weighted by atomic mass is 10.1. The van der Waals surface area contributed by atoms with Crippen molar-refractivity contribution in [1.82, 2.24) is 4.90 Å². The van der Waals surface area contributed by atoms with E-state index in [-0.39, 0.29) is 5.91 Å². The predicted molar refractivity (Wildman–Crippen MR) is 104 cm³/mol. The smallest absolute Gasteiger partial charge is 0.222 e. The van der Waals surface area contributed by atoms with Crippen LogP contribution in [0.4, 0.5) is 5.69 Å². The lowest BCUT2D eigenvalue weighted by Crippen LogP contribution is -2.35. The molecule has 1 saturated carbocycles. The first kappa shape index (κ1) is 17.8. The Hall–Kier alpha value is -2.00. The van der Waals surface area contributed by atoms with Crippen LogP contribution in [-0.2, 0) is 17.6 Å². The molecule has 0 aromatic heterocycles. The zero-order valence-electron chi connectivity index (χ0n) is 14.5. The van der Waals surface area contributed by atoms with E-state index in [0.29, 0.717) is 18.8 Å². The fourth-order valence-electron chi connectivity index (χ4n) is 3.01. The van der Waals surface area contributed by atoms with Gasteiger partial charge in [-0.05, 0) is 60.9 Å². The Bertz CT molecular complexity index is 710. The second-order valence-corrected chi connectivity index (χ2v) is 7.29. The molecule has 1 amide bonds. The second-order valence-electron chi connectivity index (χ2n) is 6.86. The molecule has 25 heavy (non-hydrogen) atoms. The van der Waals surface area contributed by atoms with Crippen molar-refractivity contribution in [2.75, 3.05) is 18.8 Å². The predicted octanol–water partition coefficient (Wildman–Crippen LogP) is 4.34. The summed E-state index contributed by atoms with van der Waals surface area (Å²) in [6, 6.07) is 15.7. The summed E-state index contributed by atoms with van der Waals surface area (Å²) in [5.74, 6) is 0.917. The van der Waals surface area contributed by atoms with E-state index in [1.54, 1.807) is 0 Å². The van der Waals surface area contributed by atoms with Gasteiger partial charge in [-0.3, -0.25) is 4.79 Å². The molecule has 2 aromatic rings. The van der Waals surface area contributed by atoms with Crippen molar-refractivity contribution in [2.24, 2.45) is 5.92 Å². The van der Waals surface area contributed by atoms with Gasteiger partial charge >= 0.3 is 0 Å². The Morgan fingerprint density at radius 2 is 1.80 bits per heavy atom. The SMILES string of the molecule is Nc1ccccc1CCC(=O)N(CCc1ccc(Cl)cc1)CC1CC1. The molecule has 0 radical (unpaired) electrons. The zero-order chi connectivity index (χ0) is 17.6. The molecule has 132 valence electrons. The quantitative estimate of drug-likeness (QED) is 0.715. The summed E-state index contributed by atoms with van der Waals surface area (Å²) >= 11 is 5.94. The van der Waals surface area contributed by atoms with E-state index in [9.17, 15) is 4.79 Å². The van der Waals surface area contributed by atoms with Crippen LogP contribution in [-0.4, -0.2) is 23.9 Å². The van der Waals surface area contributed by atoms with E-state index < -0.39 is 0 Å². The van der Waals surface area contributed by atoms with Gasteiger partial charge in [-0.2, -0.15) is 0 Å². The Kier molecular flexibility index (Phi) is 5.98. The molecule has 0 aliphatic heterocycles. The van der Waals surface area contributed by atoms with Crippen molar-refractivity contribution in [3.63, 3.8) is 0 Å². The van der Waals surface area contributed by atoms with Gasteiger partial charge in [0.2, 0.25) is 5.91 Å². The molecule has 0 bridgehead atoms. The van der Waals surface area contributed by atoms with Crippen molar-refractivity contribution >= 4 is 23.2 Å². The second kappa shape index (κ2) is 8.39. The van der Waals surface area contributed by atoms with Crippen LogP contribution in [0.5, 0.6) is 0 Å². The summed E-state index contributed by atoms with van der Waals surface area (Å²) in [5, 5.41) is 0.745. The van der Waals surface area contributed by atoms with Gasteiger partial charge in [0.05, 0.1) is 0 Å². The molecule has 0 heterocycles. The Morgan fingerprint density at radius 1 is 1.08 bits per heavy atom. The van der Waals surface area contributed by atoms with Crippen LogP contribution in [0, 0.1) is 5.92 Å². The average molecular weight is 357 g/mol. The first-order valence-electron chi connectivity index (χ1n) is 8.97. The normalized spacial score (nSPS) is 13.6. The Morgan fingerprint density at radius 3 is 2.48 bits per heavy atom. The number of nitrogens with zero attached hydrogens (tertiary/aromatic N) is 1. The number of nitrogens with two attached hydrogens (primary N) is 1. The van der Waals surface area contributed by atoms with Gasteiger partial charge < -0.3 is 10.6 Å². The summed E-state index contributed by atoms with van der Waals surface area (Å²) in [6.07, 6.45) is 4.57. The molecule has 3 nitrogen and oxygen atoms in total. The number of benzene rings is 2. The highest BCUT2D eigenvalue weighted by molar-refractivity contribution is 6.30. The number of anilines is 1. The zero-order valence-corrected chi connectivity index (χ0v) is 15.2. The van der Waals surface area contributed by atoms with Gasteiger partial charge in [-0.1, -0.05) is 41.9 Å². The molecule has 0 atom stereocenters. The number of carbonyl (C=O) groups excluding carboxylic acids is 1. The molecule has 0 saturated heterocycles. The minimum atomic E-state index is 0.226. The maximum absolute atomic E-state index is 12.7. The van der Waals surface area contributed by atoms with Crippen LogP contribution < -0.4 is 5.73 Å². The summed E-state index contributed by atoms with van der Waals surface area (Å²) in [4.78, 5) is 14.8. The first-order chi connectivity index (χ1) is 12.1. The average Bonchev–Trinajstić information content (AvgIpc) is 3.43. The van der Waals surface area contributed by atoms with E-state index in [2.05, 4.69) is 0 Å². The van der Waals surface area contributed by atoms with Crippen molar-refractivity contribution in [3.8, 4) is 0 Å². The van der Waals surface area contributed by atoms with Crippen LogP contribution in [0.25, 0.3) is 0 Å². The highest BCUT2D eigenvalue weighted by Gasteiger charge is 2.26. The van der Waals surface area contributed by atoms with Crippen molar-refractivity contribution in [2.45, 2.75) is 32.1 Å². The number of hydrogen-bond donors (Lipinski definition) is 1. The Balaban J connectivity index is 1.56. The number of halogens is 1. The van der Waals surface area contributed by atoms with E-state index in [1.807, 2.05) is 53.4 Å². The number of nitrogen functional groups attached to an aromatic ring is 1. The third-order valence-electron chi connectivity index (χ3n) is 4.78. The van der Waals surface area contributed by atoms with Gasteiger partial charge in [0.15, 0.2) is 0 Å². The van der Waals surface area contributed by atoms with E-state index in [0.717, 1.165) is 35.8 Å². The summed E-state index contributed by atoms with van der Waals surface area (Å²) < 4.78 is 0. The molecule has 1 fully saturated rings. The molecule has 0 spiro atoms. The molecule has 1 aliphatic carbocycles. The fraction of sp³-hybridized carbons (Fsp3) is 0.381. The van der Waals surface area contributed by atoms with Crippen molar-refractivity contribution in [1.29, 1.82) is 0 Å². The largest absolute Gasteiger partial charge is 0.399 e. The molecule has 1 aliphatic rings. The number of carbonyl (C=O) groups is 1. The monoisotopic (exact) mass is 356 g/mol. The number of hydrogen-bond acceptors (Lipinski definition) is 2. The number of aryl methyl sites for hydroxylation is 1. The van der Waals surface area contributed by atoms with Crippen molar-refractivity contribution < 1.29 is 4.79 Å². The molecular weight excluding hydrogens is 332 g/mol. The maximum atomic E-state index is 12.7. The third kappa shape index (κ3) is 5.50. The van der Waals surface area contributed by atoms with Crippen LogP contribution in [0.1, 0.15) is 30.4 Å². The van der Waals surface area contributed by atoms with Gasteiger partial charge in [-0.25, -0.2) is 0 Å². The Labute approximate surface area is 154 Å². The molecular formula is C21H25ClN2O. The van der Waals surface area contributed by atoms with E-state index >= 15 is 0 Å². The topological polar surface area (TPSA) is 46.3 Å². The highest BCUT2D eigenvalue weighted by Crippen LogP contribution is 2.30. The lowest BCUT2D eigenvalue weighted by molar-refractivity contribution is -0.131. The van der Waals surface area contributed by atoms with Crippen molar-refractivity contribution in [3.05, 3.63) is 64.7 Å². The number of rotatable bonds is 8.